The lowest BCUT2D eigenvalue weighted by molar-refractivity contribution is 0.262. The molecule has 1 aliphatic carbocycles. The average molecular weight is 648 g/mol. The molecule has 50 heavy (non-hydrogen) atoms. The maximum Gasteiger partial charge on any atom is 0.157 e. The van der Waals surface area contributed by atoms with Gasteiger partial charge in [0.25, 0.3) is 0 Å². The molecule has 240 valence electrons. The lowest BCUT2D eigenvalue weighted by Crippen LogP contribution is -2.28. The minimum Gasteiger partial charge on any atom is -0.484 e. The van der Waals surface area contributed by atoms with Gasteiger partial charge in [0.15, 0.2) is 5.84 Å². The van der Waals surface area contributed by atoms with Crippen LogP contribution in [0.15, 0.2) is 184 Å². The number of aliphatic imine (C=N–C) groups is 2. The molecule has 9 rings (SSSR count). The summed E-state index contributed by atoms with van der Waals surface area (Å²) in [5.74, 6) is 1.90. The van der Waals surface area contributed by atoms with Crippen molar-refractivity contribution >= 4 is 33.6 Å². The Kier molecular flexibility index (Phi) is 7.43. The van der Waals surface area contributed by atoms with Gasteiger partial charge in [-0.25, -0.2) is 4.99 Å². The Morgan fingerprint density at radius 2 is 1.36 bits per heavy atom. The van der Waals surface area contributed by atoms with E-state index in [1.54, 1.807) is 0 Å². The normalized spacial score (nSPS) is 17.0. The number of rotatable bonds is 6. The number of nitrogens with two attached hydrogens (primary N) is 1. The van der Waals surface area contributed by atoms with Crippen molar-refractivity contribution in [2.45, 2.75) is 18.6 Å². The minimum absolute atomic E-state index is 0.0783. The van der Waals surface area contributed by atoms with E-state index in [1.807, 2.05) is 54.6 Å². The molecule has 0 saturated carbocycles. The largest absolute Gasteiger partial charge is 0.484 e. The smallest absolute Gasteiger partial charge is 0.157 e. The SMILES string of the molecule is NC(=NC(=NCc1ccccc1)C1=CC=CC2c3ccccc3OC12)c1cccc2oc3cc(-c4ccc(-c5ccccc5)cc4)ccc3c12. The second-order valence-electron chi connectivity index (χ2n) is 12.7. The number of amidine groups is 2. The van der Waals surface area contributed by atoms with E-state index >= 15 is 0 Å². The quantitative estimate of drug-likeness (QED) is 0.144. The van der Waals surface area contributed by atoms with E-state index in [9.17, 15) is 0 Å². The Morgan fingerprint density at radius 3 is 2.18 bits per heavy atom. The first-order valence-electron chi connectivity index (χ1n) is 16.9. The zero-order valence-electron chi connectivity index (χ0n) is 27.2. The molecule has 1 aromatic heterocycles. The Bertz CT molecular complexity index is 2490. The monoisotopic (exact) mass is 647 g/mol. The van der Waals surface area contributed by atoms with Gasteiger partial charge in [0.05, 0.1) is 6.54 Å². The van der Waals surface area contributed by atoms with Gasteiger partial charge in [-0.1, -0.05) is 140 Å². The van der Waals surface area contributed by atoms with Crippen molar-refractivity contribution in [2.24, 2.45) is 15.7 Å². The Labute approximate surface area is 290 Å². The molecule has 1 aliphatic heterocycles. The van der Waals surface area contributed by atoms with E-state index in [0.29, 0.717) is 18.2 Å². The van der Waals surface area contributed by atoms with Crippen molar-refractivity contribution in [3.8, 4) is 28.0 Å². The van der Waals surface area contributed by atoms with Gasteiger partial charge in [-0.2, -0.15) is 0 Å². The van der Waals surface area contributed by atoms with Crippen molar-refractivity contribution in [1.29, 1.82) is 0 Å². The number of furan rings is 1. The second-order valence-corrected chi connectivity index (χ2v) is 12.7. The standard InChI is InChI=1S/C45H33N3O2/c46-44(48-45(47-28-29-11-3-1-4-12-29)38-18-9-16-35-34-15-7-8-19-39(34)50-43(35)38)37-17-10-20-40-42(37)36-26-25-33(27-41(36)49-40)32-23-21-31(22-24-32)30-13-5-2-6-14-30/h1-27,35,43H,28H2,(H2,46,47,48). The first kappa shape index (κ1) is 29.7. The topological polar surface area (TPSA) is 73.1 Å². The Morgan fingerprint density at radius 1 is 0.660 bits per heavy atom. The zero-order valence-corrected chi connectivity index (χ0v) is 27.2. The fourth-order valence-electron chi connectivity index (χ4n) is 7.09. The number of benzene rings is 6. The predicted octanol–water partition coefficient (Wildman–Crippen LogP) is 10.3. The number of allylic oxidation sites excluding steroid dienone is 2. The van der Waals surface area contributed by atoms with Crippen molar-refractivity contribution in [1.82, 2.24) is 0 Å². The van der Waals surface area contributed by atoms with E-state index in [4.69, 9.17) is 24.9 Å². The maximum atomic E-state index is 6.93. The van der Waals surface area contributed by atoms with Crippen LogP contribution in [0.4, 0.5) is 0 Å². The van der Waals surface area contributed by atoms with Crippen molar-refractivity contribution in [3.05, 3.63) is 186 Å². The van der Waals surface area contributed by atoms with Crippen molar-refractivity contribution in [3.63, 3.8) is 0 Å². The molecule has 5 nitrogen and oxygen atoms in total. The molecule has 5 heteroatoms. The van der Waals surface area contributed by atoms with Gasteiger partial charge in [-0.15, -0.1) is 0 Å². The molecule has 7 aromatic rings. The third-order valence-corrected chi connectivity index (χ3v) is 9.60. The highest BCUT2D eigenvalue weighted by Crippen LogP contribution is 2.44. The summed E-state index contributed by atoms with van der Waals surface area (Å²) in [4.78, 5) is 10.1. The van der Waals surface area contributed by atoms with Crippen LogP contribution in [0.1, 0.15) is 22.6 Å². The number of hydrogen-bond donors (Lipinski definition) is 1. The number of nitrogens with zero attached hydrogens (tertiary/aromatic N) is 2. The van der Waals surface area contributed by atoms with Crippen LogP contribution in [0, 0.1) is 0 Å². The molecule has 0 amide bonds. The Balaban J connectivity index is 1.09. The molecule has 0 bridgehead atoms. The van der Waals surface area contributed by atoms with Crippen LogP contribution in [0.3, 0.4) is 0 Å². The van der Waals surface area contributed by atoms with Crippen molar-refractivity contribution < 1.29 is 9.15 Å². The molecule has 2 unspecified atom stereocenters. The molecule has 0 fully saturated rings. The summed E-state index contributed by atoms with van der Waals surface area (Å²) < 4.78 is 12.9. The van der Waals surface area contributed by atoms with E-state index in [2.05, 4.69) is 109 Å². The first-order chi connectivity index (χ1) is 24.7. The molecule has 0 radical (unpaired) electrons. The third-order valence-electron chi connectivity index (χ3n) is 9.60. The lowest BCUT2D eigenvalue weighted by atomic mass is 9.87. The first-order valence-corrected chi connectivity index (χ1v) is 16.9. The van der Waals surface area contributed by atoms with Crippen LogP contribution in [0.25, 0.3) is 44.2 Å². The van der Waals surface area contributed by atoms with E-state index in [1.165, 1.54) is 16.7 Å². The molecular formula is C45H33N3O2. The van der Waals surface area contributed by atoms with Crippen molar-refractivity contribution in [2.75, 3.05) is 0 Å². The average Bonchev–Trinajstić information content (AvgIpc) is 3.75. The van der Waals surface area contributed by atoms with Crippen LogP contribution in [-0.4, -0.2) is 17.8 Å². The number of ether oxygens (including phenoxy) is 1. The summed E-state index contributed by atoms with van der Waals surface area (Å²) in [6.07, 6.45) is 6.07. The van der Waals surface area contributed by atoms with E-state index in [0.717, 1.165) is 55.5 Å². The highest BCUT2D eigenvalue weighted by molar-refractivity contribution is 6.21. The fourth-order valence-corrected chi connectivity index (χ4v) is 7.09. The van der Waals surface area contributed by atoms with Gasteiger partial charge in [0, 0.05) is 33.4 Å². The zero-order chi connectivity index (χ0) is 33.4. The van der Waals surface area contributed by atoms with Crippen LogP contribution in [0.2, 0.25) is 0 Å². The molecule has 0 saturated heterocycles. The molecular weight excluding hydrogens is 615 g/mol. The second kappa shape index (κ2) is 12.5. The molecule has 2 atom stereocenters. The summed E-state index contributed by atoms with van der Waals surface area (Å²) >= 11 is 0. The van der Waals surface area contributed by atoms with Crippen LogP contribution in [-0.2, 0) is 6.54 Å². The summed E-state index contributed by atoms with van der Waals surface area (Å²) in [7, 11) is 0. The van der Waals surface area contributed by atoms with Crippen LogP contribution in [0.5, 0.6) is 5.75 Å². The van der Waals surface area contributed by atoms with Crippen LogP contribution >= 0.6 is 0 Å². The van der Waals surface area contributed by atoms with Gasteiger partial charge in [-0.05, 0) is 52.1 Å². The number of para-hydroxylation sites is 1. The Hall–Kier alpha value is -6.46. The predicted molar refractivity (Wildman–Crippen MR) is 204 cm³/mol. The van der Waals surface area contributed by atoms with Gasteiger partial charge in [-0.3, -0.25) is 4.99 Å². The molecule has 2 heterocycles. The maximum absolute atomic E-state index is 6.93. The number of fused-ring (bicyclic) bond motifs is 6. The number of hydrogen-bond acceptors (Lipinski definition) is 3. The van der Waals surface area contributed by atoms with Gasteiger partial charge >= 0.3 is 0 Å². The van der Waals surface area contributed by atoms with Gasteiger partial charge in [0.1, 0.15) is 28.9 Å². The highest BCUT2D eigenvalue weighted by Gasteiger charge is 2.38. The van der Waals surface area contributed by atoms with Gasteiger partial charge in [0.2, 0.25) is 0 Å². The molecule has 2 N–H and O–H groups in total. The summed E-state index contributed by atoms with van der Waals surface area (Å²) in [5.41, 5.74) is 17.0. The molecule has 6 aromatic carbocycles. The third kappa shape index (κ3) is 5.39. The fraction of sp³-hybridized carbons (Fsp3) is 0.0667. The van der Waals surface area contributed by atoms with E-state index in [-0.39, 0.29) is 12.0 Å². The van der Waals surface area contributed by atoms with Crippen LogP contribution < -0.4 is 10.5 Å². The molecule has 0 spiro atoms. The summed E-state index contributed by atoms with van der Waals surface area (Å²) in [6, 6.07) is 49.7. The lowest BCUT2D eigenvalue weighted by Gasteiger charge is -2.22. The van der Waals surface area contributed by atoms with E-state index < -0.39 is 0 Å². The van der Waals surface area contributed by atoms with Gasteiger partial charge < -0.3 is 14.9 Å². The molecule has 2 aliphatic rings. The minimum atomic E-state index is -0.241. The highest BCUT2D eigenvalue weighted by atomic mass is 16.5. The summed E-state index contributed by atoms with van der Waals surface area (Å²) in [6.45, 7) is 0.465. The summed E-state index contributed by atoms with van der Waals surface area (Å²) in [5, 5.41) is 1.91.